The number of nitrogens with zero attached hydrogens (tertiary/aromatic N) is 2. The molecule has 2 aliphatic heterocycles. The highest BCUT2D eigenvalue weighted by Crippen LogP contribution is 2.24. The normalized spacial score (nSPS) is 22.1. The Morgan fingerprint density at radius 2 is 1.88 bits per heavy atom. The van der Waals surface area contributed by atoms with Crippen LogP contribution in [0.2, 0.25) is 0 Å². The molecular weight excluding hydrogens is 302 g/mol. The molecule has 2 saturated heterocycles. The number of carbonyl (C=O) groups excluding carboxylic acids is 2. The summed E-state index contributed by atoms with van der Waals surface area (Å²) in [6, 6.07) is 5.94. The van der Waals surface area contributed by atoms with Gasteiger partial charge >= 0.3 is 6.03 Å². The van der Waals surface area contributed by atoms with Crippen molar-refractivity contribution in [3.8, 4) is 0 Å². The molecule has 2 aliphatic rings. The first-order valence-electron chi connectivity index (χ1n) is 8.87. The molecule has 1 aromatic rings. The van der Waals surface area contributed by atoms with Gasteiger partial charge in [-0.25, -0.2) is 4.79 Å². The molecule has 0 radical (unpaired) electrons. The third-order valence-corrected chi connectivity index (χ3v) is 5.33. The minimum atomic E-state index is -0.106. The van der Waals surface area contributed by atoms with Gasteiger partial charge in [-0.1, -0.05) is 13.0 Å². The van der Waals surface area contributed by atoms with Crippen LogP contribution in [-0.2, 0) is 4.79 Å². The van der Waals surface area contributed by atoms with E-state index in [1.807, 2.05) is 23.1 Å². The van der Waals surface area contributed by atoms with Crippen LogP contribution in [0.4, 0.5) is 10.5 Å². The maximum Gasteiger partial charge on any atom is 0.317 e. The Hall–Kier alpha value is -2.04. The molecule has 3 rings (SSSR count). The highest BCUT2D eigenvalue weighted by molar-refractivity contribution is 5.96. The lowest BCUT2D eigenvalue weighted by Gasteiger charge is -2.31. The van der Waals surface area contributed by atoms with Gasteiger partial charge in [0.05, 0.1) is 6.04 Å². The van der Waals surface area contributed by atoms with Crippen molar-refractivity contribution >= 4 is 17.6 Å². The van der Waals surface area contributed by atoms with E-state index in [9.17, 15) is 9.59 Å². The van der Waals surface area contributed by atoms with Crippen LogP contribution >= 0.6 is 0 Å². The van der Waals surface area contributed by atoms with Crippen LogP contribution in [0.1, 0.15) is 37.3 Å². The smallest absolute Gasteiger partial charge is 0.317 e. The van der Waals surface area contributed by atoms with Crippen molar-refractivity contribution in [3.05, 3.63) is 29.3 Å². The predicted octanol–water partition coefficient (Wildman–Crippen LogP) is 2.85. The van der Waals surface area contributed by atoms with E-state index in [4.69, 9.17) is 0 Å². The fourth-order valence-corrected chi connectivity index (χ4v) is 3.42. The molecule has 3 amide bonds. The quantitative estimate of drug-likeness (QED) is 0.907. The minimum Gasteiger partial charge on any atom is -0.333 e. The fraction of sp³-hybridized carbons (Fsp3) is 0.579. The number of likely N-dealkylation sites (tertiary alicyclic amines) is 1. The molecule has 24 heavy (non-hydrogen) atoms. The molecule has 0 saturated carbocycles. The number of aryl methyl sites for hydroxylation is 2. The lowest BCUT2D eigenvalue weighted by molar-refractivity contribution is -0.117. The van der Waals surface area contributed by atoms with Gasteiger partial charge in [0.2, 0.25) is 5.91 Å². The van der Waals surface area contributed by atoms with Crippen LogP contribution in [0, 0.1) is 19.8 Å². The summed E-state index contributed by atoms with van der Waals surface area (Å²) in [5.41, 5.74) is 3.32. The van der Waals surface area contributed by atoms with Gasteiger partial charge in [-0.3, -0.25) is 4.79 Å². The van der Waals surface area contributed by atoms with Crippen molar-refractivity contribution in [2.75, 3.05) is 24.5 Å². The van der Waals surface area contributed by atoms with Crippen molar-refractivity contribution < 1.29 is 9.59 Å². The Labute approximate surface area is 144 Å². The summed E-state index contributed by atoms with van der Waals surface area (Å²) in [7, 11) is 0. The zero-order valence-electron chi connectivity index (χ0n) is 14.8. The van der Waals surface area contributed by atoms with E-state index in [-0.39, 0.29) is 18.0 Å². The molecule has 5 nitrogen and oxygen atoms in total. The molecule has 1 N–H and O–H groups in total. The summed E-state index contributed by atoms with van der Waals surface area (Å²) >= 11 is 0. The van der Waals surface area contributed by atoms with E-state index < -0.39 is 0 Å². The second-order valence-corrected chi connectivity index (χ2v) is 7.29. The lowest BCUT2D eigenvalue weighted by atomic mass is 10.00. The third kappa shape index (κ3) is 3.55. The predicted molar refractivity (Wildman–Crippen MR) is 95.2 cm³/mol. The Bertz CT molecular complexity index is 635. The number of carbonyl (C=O) groups is 2. The molecule has 0 spiro atoms. The van der Waals surface area contributed by atoms with Crippen LogP contribution in [-0.4, -0.2) is 42.5 Å². The Morgan fingerprint density at radius 1 is 1.17 bits per heavy atom. The van der Waals surface area contributed by atoms with Crippen LogP contribution in [0.15, 0.2) is 18.2 Å². The number of urea groups is 1. The Kier molecular flexibility index (Phi) is 4.78. The number of anilines is 1. The minimum absolute atomic E-state index is 0.0263. The van der Waals surface area contributed by atoms with Gasteiger partial charge < -0.3 is 15.1 Å². The number of nitrogens with one attached hydrogen (secondary N) is 1. The van der Waals surface area contributed by atoms with Crippen molar-refractivity contribution in [3.63, 3.8) is 0 Å². The van der Waals surface area contributed by atoms with Crippen molar-refractivity contribution in [2.24, 2.45) is 5.92 Å². The molecule has 5 heteroatoms. The zero-order chi connectivity index (χ0) is 17.3. The van der Waals surface area contributed by atoms with Gasteiger partial charge in [0, 0.05) is 31.7 Å². The Balaban J connectivity index is 1.60. The number of hydrogen-bond donors (Lipinski definition) is 1. The van der Waals surface area contributed by atoms with E-state index in [1.54, 1.807) is 4.90 Å². The third-order valence-electron chi connectivity index (χ3n) is 5.33. The number of piperidine rings is 1. The molecule has 0 bridgehead atoms. The van der Waals surface area contributed by atoms with Gasteiger partial charge in [0.25, 0.3) is 0 Å². The lowest BCUT2D eigenvalue weighted by Crippen LogP contribution is -2.48. The molecule has 0 unspecified atom stereocenters. The van der Waals surface area contributed by atoms with E-state index >= 15 is 0 Å². The highest BCUT2D eigenvalue weighted by atomic mass is 16.2. The van der Waals surface area contributed by atoms with E-state index in [2.05, 4.69) is 26.1 Å². The van der Waals surface area contributed by atoms with Gasteiger partial charge in [0.15, 0.2) is 0 Å². The summed E-state index contributed by atoms with van der Waals surface area (Å²) in [6.45, 7) is 8.52. The van der Waals surface area contributed by atoms with E-state index in [0.717, 1.165) is 31.6 Å². The maximum absolute atomic E-state index is 12.4. The second kappa shape index (κ2) is 6.83. The van der Waals surface area contributed by atoms with Gasteiger partial charge in [0.1, 0.15) is 0 Å². The SMILES string of the molecule is Cc1ccc(N2C[C@H](NC(=O)N3CCC(C)CC3)CC2=O)cc1C. The topological polar surface area (TPSA) is 52.7 Å². The zero-order valence-corrected chi connectivity index (χ0v) is 14.8. The van der Waals surface area contributed by atoms with Crippen molar-refractivity contribution in [1.29, 1.82) is 0 Å². The summed E-state index contributed by atoms with van der Waals surface area (Å²) in [4.78, 5) is 28.4. The molecule has 130 valence electrons. The standard InChI is InChI=1S/C19H27N3O2/c1-13-6-8-21(9-7-13)19(24)20-16-11-18(23)22(12-16)17-5-4-14(2)15(3)10-17/h4-5,10,13,16H,6-9,11-12H2,1-3H3,(H,20,24)/t16-/m1/s1. The summed E-state index contributed by atoms with van der Waals surface area (Å²) < 4.78 is 0. The monoisotopic (exact) mass is 329 g/mol. The number of benzene rings is 1. The first-order valence-corrected chi connectivity index (χ1v) is 8.87. The Morgan fingerprint density at radius 3 is 2.54 bits per heavy atom. The van der Waals surface area contributed by atoms with Crippen LogP contribution in [0.25, 0.3) is 0 Å². The molecule has 0 aliphatic carbocycles. The molecule has 2 heterocycles. The largest absolute Gasteiger partial charge is 0.333 e. The first-order chi connectivity index (χ1) is 11.4. The van der Waals surface area contributed by atoms with Crippen LogP contribution in [0.5, 0.6) is 0 Å². The van der Waals surface area contributed by atoms with E-state index in [1.165, 1.54) is 11.1 Å². The van der Waals surface area contributed by atoms with Crippen LogP contribution < -0.4 is 10.2 Å². The van der Waals surface area contributed by atoms with Gasteiger partial charge in [-0.05, 0) is 55.9 Å². The van der Waals surface area contributed by atoms with Crippen molar-refractivity contribution in [2.45, 2.75) is 46.1 Å². The van der Waals surface area contributed by atoms with Crippen molar-refractivity contribution in [1.82, 2.24) is 10.2 Å². The van der Waals surface area contributed by atoms with Crippen LogP contribution in [0.3, 0.4) is 0 Å². The fourth-order valence-electron chi connectivity index (χ4n) is 3.42. The molecule has 0 aromatic heterocycles. The average molecular weight is 329 g/mol. The number of hydrogen-bond acceptors (Lipinski definition) is 2. The second-order valence-electron chi connectivity index (χ2n) is 7.29. The molecule has 2 fully saturated rings. The van der Waals surface area contributed by atoms with Gasteiger partial charge in [-0.2, -0.15) is 0 Å². The average Bonchev–Trinajstić information content (AvgIpc) is 2.91. The highest BCUT2D eigenvalue weighted by Gasteiger charge is 2.33. The van der Waals surface area contributed by atoms with Gasteiger partial charge in [-0.15, -0.1) is 0 Å². The summed E-state index contributed by atoms with van der Waals surface area (Å²) in [6.07, 6.45) is 2.50. The molecular formula is C19H27N3O2. The summed E-state index contributed by atoms with van der Waals surface area (Å²) in [5.74, 6) is 0.776. The number of rotatable bonds is 2. The van der Waals surface area contributed by atoms with E-state index in [0.29, 0.717) is 18.9 Å². The first kappa shape index (κ1) is 16.8. The molecule has 1 atom stereocenters. The molecule has 1 aromatic carbocycles. The maximum atomic E-state index is 12.4. The number of amides is 3. The summed E-state index contributed by atoms with van der Waals surface area (Å²) in [5, 5.41) is 3.04.